The van der Waals surface area contributed by atoms with E-state index in [4.69, 9.17) is 5.73 Å². The number of primary amides is 1. The zero-order valence-electron chi connectivity index (χ0n) is 8.55. The molecule has 0 bridgehead atoms. The second kappa shape index (κ2) is 4.38. The number of benzene rings is 1. The molecule has 1 aliphatic rings. The minimum atomic E-state index is -4.79. The third-order valence-corrected chi connectivity index (χ3v) is 2.33. The van der Waals surface area contributed by atoms with E-state index < -0.39 is 29.2 Å². The van der Waals surface area contributed by atoms with Crippen molar-refractivity contribution in [2.24, 2.45) is 5.73 Å². The number of hydrogen-bond acceptors (Lipinski definition) is 3. The Morgan fingerprint density at radius 1 is 1.39 bits per heavy atom. The lowest BCUT2D eigenvalue weighted by atomic mass is 10.0. The first kappa shape index (κ1) is 14.7. The van der Waals surface area contributed by atoms with Crippen molar-refractivity contribution in [1.82, 2.24) is 5.48 Å². The Labute approximate surface area is 104 Å². The van der Waals surface area contributed by atoms with Crippen molar-refractivity contribution >= 4 is 18.3 Å². The summed E-state index contributed by atoms with van der Waals surface area (Å²) in [5.41, 5.74) is 3.85. The van der Waals surface area contributed by atoms with Gasteiger partial charge >= 0.3 is 6.18 Å². The molecule has 1 aromatic carbocycles. The first-order valence-electron chi connectivity index (χ1n) is 4.40. The molecular formula is C9H7ClF4N2O2. The number of nitrogens with two attached hydrogens (primary N) is 1. The van der Waals surface area contributed by atoms with Gasteiger partial charge in [0, 0.05) is 5.56 Å². The molecule has 1 saturated heterocycles. The van der Waals surface area contributed by atoms with Crippen LogP contribution in [0.25, 0.3) is 0 Å². The van der Waals surface area contributed by atoms with Gasteiger partial charge in [0.05, 0.1) is 5.56 Å². The second-order valence-electron chi connectivity index (χ2n) is 3.44. The van der Waals surface area contributed by atoms with Crippen LogP contribution in [0.2, 0.25) is 0 Å². The number of hydroxylamine groups is 1. The van der Waals surface area contributed by atoms with Crippen LogP contribution >= 0.6 is 12.4 Å². The number of rotatable bonds is 2. The number of halogens is 5. The van der Waals surface area contributed by atoms with E-state index in [1.807, 2.05) is 0 Å². The Kier molecular flexibility index (Phi) is 3.57. The molecule has 1 unspecified atom stereocenters. The Morgan fingerprint density at radius 3 is 2.28 bits per heavy atom. The van der Waals surface area contributed by atoms with Gasteiger partial charge in [-0.05, 0) is 12.1 Å². The van der Waals surface area contributed by atoms with Gasteiger partial charge in [-0.2, -0.15) is 18.7 Å². The van der Waals surface area contributed by atoms with Crippen LogP contribution in [0.15, 0.2) is 18.2 Å². The zero-order valence-corrected chi connectivity index (χ0v) is 9.36. The molecule has 0 spiro atoms. The molecule has 1 atom stereocenters. The quantitative estimate of drug-likeness (QED) is 0.638. The van der Waals surface area contributed by atoms with Gasteiger partial charge in [0.2, 0.25) is 0 Å². The Bertz CT molecular complexity index is 488. The molecule has 18 heavy (non-hydrogen) atoms. The highest BCUT2D eigenvalue weighted by molar-refractivity contribution is 5.86. The number of nitrogens with one attached hydrogen (secondary N) is 1. The van der Waals surface area contributed by atoms with E-state index in [1.165, 1.54) is 0 Å². The monoisotopic (exact) mass is 286 g/mol. The summed E-state index contributed by atoms with van der Waals surface area (Å²) < 4.78 is 50.0. The fourth-order valence-corrected chi connectivity index (χ4v) is 1.38. The summed E-state index contributed by atoms with van der Waals surface area (Å²) in [6.07, 6.45) is -4.79. The molecule has 0 saturated carbocycles. The van der Waals surface area contributed by atoms with Crippen LogP contribution in [0.4, 0.5) is 17.6 Å². The third kappa shape index (κ3) is 2.26. The lowest BCUT2D eigenvalue weighted by molar-refractivity contribution is -0.140. The van der Waals surface area contributed by atoms with E-state index >= 15 is 0 Å². The largest absolute Gasteiger partial charge is 0.419 e. The molecule has 1 amide bonds. The van der Waals surface area contributed by atoms with Gasteiger partial charge in [-0.1, -0.05) is 6.07 Å². The second-order valence-corrected chi connectivity index (χ2v) is 3.44. The van der Waals surface area contributed by atoms with Gasteiger partial charge in [-0.25, -0.2) is 4.39 Å². The highest BCUT2D eigenvalue weighted by Crippen LogP contribution is 2.36. The van der Waals surface area contributed by atoms with Gasteiger partial charge in [-0.15, -0.1) is 12.4 Å². The normalized spacial score (nSPS) is 22.2. The van der Waals surface area contributed by atoms with E-state index in [0.29, 0.717) is 12.1 Å². The van der Waals surface area contributed by atoms with Crippen molar-refractivity contribution in [3.05, 3.63) is 35.1 Å². The number of carbonyl (C=O) groups is 1. The summed E-state index contributed by atoms with van der Waals surface area (Å²) in [6.45, 7) is 0. The van der Waals surface area contributed by atoms with Crippen molar-refractivity contribution in [3.63, 3.8) is 0 Å². The summed E-state index contributed by atoms with van der Waals surface area (Å²) in [7, 11) is 0. The number of hydrogen-bond donors (Lipinski definition) is 2. The van der Waals surface area contributed by atoms with Gasteiger partial charge in [0.15, 0.2) is 0 Å². The van der Waals surface area contributed by atoms with Crippen LogP contribution in [0.3, 0.4) is 0 Å². The zero-order chi connectivity index (χ0) is 12.8. The highest BCUT2D eigenvalue weighted by atomic mass is 35.5. The molecule has 4 nitrogen and oxygen atoms in total. The van der Waals surface area contributed by atoms with Crippen LogP contribution in [0, 0.1) is 5.82 Å². The lowest BCUT2D eigenvalue weighted by Crippen LogP contribution is -2.32. The Balaban J connectivity index is 0.00000162. The minimum absolute atomic E-state index is 0. The predicted octanol–water partition coefficient (Wildman–Crippen LogP) is 1.44. The summed E-state index contributed by atoms with van der Waals surface area (Å²) >= 11 is 0. The number of carbonyl (C=O) groups excluding carboxylic acids is 1. The van der Waals surface area contributed by atoms with E-state index in [9.17, 15) is 22.4 Å². The molecule has 0 aromatic heterocycles. The standard InChI is InChI=1S/C9H6F4N2O2.ClH/c10-6-3-4(8(7(14)16)15-17-8)1-2-5(6)9(11,12)13;/h1-3,15H,(H2,14,16);1H. The van der Waals surface area contributed by atoms with Crippen LogP contribution in [-0.2, 0) is 21.5 Å². The van der Waals surface area contributed by atoms with Crippen molar-refractivity contribution in [2.75, 3.05) is 0 Å². The fourth-order valence-electron chi connectivity index (χ4n) is 1.38. The van der Waals surface area contributed by atoms with E-state index in [-0.39, 0.29) is 18.0 Å². The molecule has 0 aliphatic carbocycles. The molecule has 1 aromatic rings. The van der Waals surface area contributed by atoms with Crippen LogP contribution in [-0.4, -0.2) is 5.91 Å². The number of amides is 1. The maximum absolute atomic E-state index is 13.2. The third-order valence-electron chi connectivity index (χ3n) is 2.33. The Hall–Kier alpha value is -1.38. The van der Waals surface area contributed by atoms with Crippen LogP contribution in [0.1, 0.15) is 11.1 Å². The molecule has 2 rings (SSSR count). The summed E-state index contributed by atoms with van der Waals surface area (Å²) in [5.74, 6) is -2.45. The van der Waals surface area contributed by atoms with Gasteiger partial charge in [0.25, 0.3) is 11.6 Å². The first-order valence-corrected chi connectivity index (χ1v) is 4.40. The summed E-state index contributed by atoms with van der Waals surface area (Å²) in [4.78, 5) is 15.5. The first-order chi connectivity index (χ1) is 7.77. The maximum atomic E-state index is 13.2. The van der Waals surface area contributed by atoms with Gasteiger partial charge in [-0.3, -0.25) is 9.63 Å². The Morgan fingerprint density at radius 2 is 1.94 bits per heavy atom. The van der Waals surface area contributed by atoms with E-state index in [1.54, 1.807) is 0 Å². The van der Waals surface area contributed by atoms with Gasteiger partial charge < -0.3 is 5.73 Å². The maximum Gasteiger partial charge on any atom is 0.419 e. The van der Waals surface area contributed by atoms with Crippen molar-refractivity contribution < 1.29 is 27.2 Å². The summed E-state index contributed by atoms with van der Waals surface area (Å²) in [6, 6.07) is 2.02. The fraction of sp³-hybridized carbons (Fsp3) is 0.222. The van der Waals surface area contributed by atoms with Crippen molar-refractivity contribution in [1.29, 1.82) is 0 Å². The van der Waals surface area contributed by atoms with Crippen LogP contribution < -0.4 is 11.2 Å². The van der Waals surface area contributed by atoms with Gasteiger partial charge in [0.1, 0.15) is 5.82 Å². The highest BCUT2D eigenvalue weighted by Gasteiger charge is 2.54. The average molecular weight is 287 g/mol. The van der Waals surface area contributed by atoms with Crippen LogP contribution in [0.5, 0.6) is 0 Å². The molecule has 3 N–H and O–H groups in total. The molecule has 9 heteroatoms. The topological polar surface area (TPSA) is 77.6 Å². The summed E-state index contributed by atoms with van der Waals surface area (Å²) in [5, 5.41) is 0. The number of alkyl halides is 3. The predicted molar refractivity (Wildman–Crippen MR) is 53.7 cm³/mol. The molecule has 1 heterocycles. The molecule has 1 aliphatic heterocycles. The van der Waals surface area contributed by atoms with Crippen molar-refractivity contribution in [3.8, 4) is 0 Å². The lowest BCUT2D eigenvalue weighted by Gasteiger charge is -2.10. The average Bonchev–Trinajstić information content (AvgIpc) is 2.95. The minimum Gasteiger partial charge on any atom is -0.365 e. The molecule has 1 fully saturated rings. The van der Waals surface area contributed by atoms with E-state index in [0.717, 1.165) is 6.07 Å². The van der Waals surface area contributed by atoms with Crippen molar-refractivity contribution in [2.45, 2.75) is 11.9 Å². The van der Waals surface area contributed by atoms with E-state index in [2.05, 4.69) is 10.3 Å². The smallest absolute Gasteiger partial charge is 0.365 e. The molecular weight excluding hydrogens is 280 g/mol. The molecule has 100 valence electrons. The molecule has 0 radical (unpaired) electrons. The SMILES string of the molecule is Cl.NC(=O)C1(c2ccc(C(F)(F)F)c(F)c2)NO1.